The van der Waals surface area contributed by atoms with Crippen LogP contribution in [-0.4, -0.2) is 17.2 Å². The molecule has 0 saturated carbocycles. The second-order valence-electron chi connectivity index (χ2n) is 3.54. The maximum Gasteiger partial charge on any atom is 0.130 e. The average molecular weight is 144 g/mol. The van der Waals surface area contributed by atoms with Crippen LogP contribution >= 0.6 is 0 Å². The third kappa shape index (κ3) is 3.45. The summed E-state index contributed by atoms with van der Waals surface area (Å²) in [5, 5.41) is 19.0. The van der Waals surface area contributed by atoms with E-state index in [0.29, 0.717) is 5.84 Å². The van der Waals surface area contributed by atoms with Crippen LogP contribution in [-0.2, 0) is 0 Å². The van der Waals surface area contributed by atoms with Crippen LogP contribution in [0.4, 0.5) is 0 Å². The summed E-state index contributed by atoms with van der Waals surface area (Å²) < 4.78 is 0. The summed E-state index contributed by atoms with van der Waals surface area (Å²) in [6.45, 7) is 7.34. The minimum Gasteiger partial charge on any atom is -0.373 e. The molecule has 0 heterocycles. The largest absolute Gasteiger partial charge is 0.373 e. The van der Waals surface area contributed by atoms with Crippen LogP contribution in [0.1, 0.15) is 27.7 Å². The van der Waals surface area contributed by atoms with E-state index >= 15 is 0 Å². The lowest BCUT2D eigenvalue weighted by molar-refractivity contribution is 0.0501. The van der Waals surface area contributed by atoms with Crippen molar-refractivity contribution in [2.75, 3.05) is 0 Å². The molecule has 3 N–H and O–H groups in total. The van der Waals surface area contributed by atoms with Crippen molar-refractivity contribution in [3.05, 3.63) is 0 Å². The van der Waals surface area contributed by atoms with Gasteiger partial charge < -0.3 is 10.4 Å². The van der Waals surface area contributed by atoms with E-state index in [0.717, 1.165) is 0 Å². The van der Waals surface area contributed by atoms with E-state index in [1.54, 1.807) is 6.92 Å². The molecule has 60 valence electrons. The Morgan fingerprint density at radius 3 is 2.00 bits per heavy atom. The highest BCUT2D eigenvalue weighted by atomic mass is 16.3. The quantitative estimate of drug-likeness (QED) is 0.291. The predicted octanol–water partition coefficient (Wildman–Crippen LogP) is 0.938. The van der Waals surface area contributed by atoms with Crippen molar-refractivity contribution in [1.82, 2.24) is 5.32 Å². The molecule has 0 saturated heterocycles. The van der Waals surface area contributed by atoms with Crippen molar-refractivity contribution in [2.24, 2.45) is 5.41 Å². The lowest BCUT2D eigenvalue weighted by Crippen LogP contribution is -2.42. The molecule has 1 unspecified atom stereocenters. The van der Waals surface area contributed by atoms with E-state index in [-0.39, 0.29) is 5.41 Å². The van der Waals surface area contributed by atoms with Crippen molar-refractivity contribution >= 4 is 5.84 Å². The number of nitrogens with one attached hydrogen (secondary N) is 2. The monoisotopic (exact) mass is 144 g/mol. The van der Waals surface area contributed by atoms with Gasteiger partial charge in [0, 0.05) is 5.41 Å². The van der Waals surface area contributed by atoms with Gasteiger partial charge in [-0.15, -0.1) is 0 Å². The molecule has 0 aromatic rings. The van der Waals surface area contributed by atoms with E-state index in [1.165, 1.54) is 0 Å². The first-order chi connectivity index (χ1) is 4.34. The zero-order valence-corrected chi connectivity index (χ0v) is 7.02. The van der Waals surface area contributed by atoms with E-state index in [2.05, 4.69) is 5.32 Å². The maximum atomic E-state index is 9.30. The van der Waals surface area contributed by atoms with E-state index < -0.39 is 6.23 Å². The van der Waals surface area contributed by atoms with Crippen LogP contribution in [0.15, 0.2) is 0 Å². The van der Waals surface area contributed by atoms with E-state index in [4.69, 9.17) is 5.41 Å². The second kappa shape index (κ2) is 3.01. The summed E-state index contributed by atoms with van der Waals surface area (Å²) in [5.74, 6) is 0.294. The van der Waals surface area contributed by atoms with E-state index in [1.807, 2.05) is 20.8 Å². The van der Waals surface area contributed by atoms with Gasteiger partial charge in [0.15, 0.2) is 0 Å². The van der Waals surface area contributed by atoms with Crippen LogP contribution in [0, 0.1) is 10.8 Å². The van der Waals surface area contributed by atoms with Crippen LogP contribution < -0.4 is 5.32 Å². The Bertz CT molecular complexity index is 126. The molecule has 0 aromatic heterocycles. The minimum absolute atomic E-state index is 0.206. The molecule has 0 aliphatic rings. The Morgan fingerprint density at radius 1 is 1.50 bits per heavy atom. The van der Waals surface area contributed by atoms with Crippen molar-refractivity contribution in [1.29, 1.82) is 5.41 Å². The first-order valence-corrected chi connectivity index (χ1v) is 3.34. The molecule has 3 nitrogen and oxygen atoms in total. The Labute approximate surface area is 62.0 Å². The Morgan fingerprint density at radius 2 is 1.90 bits per heavy atom. The third-order valence-electron chi connectivity index (χ3n) is 1.17. The normalized spacial score (nSPS) is 14.5. The highest BCUT2D eigenvalue weighted by molar-refractivity contribution is 5.76. The van der Waals surface area contributed by atoms with Gasteiger partial charge in [0.05, 0.1) is 5.84 Å². The molecule has 0 spiro atoms. The molecule has 0 fully saturated rings. The molecule has 1 atom stereocenters. The van der Waals surface area contributed by atoms with Gasteiger partial charge in [-0.05, 0) is 6.92 Å². The summed E-state index contributed by atoms with van der Waals surface area (Å²) in [5.41, 5.74) is -0.206. The first-order valence-electron chi connectivity index (χ1n) is 3.34. The van der Waals surface area contributed by atoms with Crippen LogP contribution in [0.5, 0.6) is 0 Å². The predicted molar refractivity (Wildman–Crippen MR) is 42.0 cm³/mol. The highest BCUT2D eigenvalue weighted by Crippen LogP contribution is 2.16. The van der Waals surface area contributed by atoms with Crippen LogP contribution in [0.3, 0.4) is 0 Å². The first kappa shape index (κ1) is 9.43. The second-order valence-corrected chi connectivity index (χ2v) is 3.54. The number of hydrogen-bond donors (Lipinski definition) is 3. The SMILES string of the molecule is CC(=N)NC(O)C(C)(C)C. The molecule has 0 rings (SSSR count). The van der Waals surface area contributed by atoms with Crippen molar-refractivity contribution in [2.45, 2.75) is 33.9 Å². The van der Waals surface area contributed by atoms with Crippen molar-refractivity contribution in [3.8, 4) is 0 Å². The van der Waals surface area contributed by atoms with Gasteiger partial charge in [0.25, 0.3) is 0 Å². The Hall–Kier alpha value is -0.570. The standard InChI is InChI=1S/C7H16N2O/c1-5(8)9-6(10)7(2,3)4/h6,10H,1-4H3,(H2,8,9). The van der Waals surface area contributed by atoms with Gasteiger partial charge in [-0.1, -0.05) is 20.8 Å². The van der Waals surface area contributed by atoms with Crippen LogP contribution in [0.25, 0.3) is 0 Å². The molecular formula is C7H16N2O. The fourth-order valence-corrected chi connectivity index (χ4v) is 0.422. The zero-order chi connectivity index (χ0) is 8.36. The summed E-state index contributed by atoms with van der Waals surface area (Å²) in [6.07, 6.45) is -0.634. The fraction of sp³-hybridized carbons (Fsp3) is 0.857. The topological polar surface area (TPSA) is 56.1 Å². The van der Waals surface area contributed by atoms with Crippen LogP contribution in [0.2, 0.25) is 0 Å². The van der Waals surface area contributed by atoms with Crippen molar-refractivity contribution < 1.29 is 5.11 Å². The number of amidine groups is 1. The Balaban J connectivity index is 3.85. The Kier molecular flexibility index (Phi) is 2.84. The fourth-order valence-electron chi connectivity index (χ4n) is 0.422. The molecule has 0 aliphatic carbocycles. The summed E-state index contributed by atoms with van der Waals surface area (Å²) >= 11 is 0. The van der Waals surface area contributed by atoms with Crippen molar-refractivity contribution in [3.63, 3.8) is 0 Å². The van der Waals surface area contributed by atoms with Gasteiger partial charge in [-0.3, -0.25) is 5.41 Å². The van der Waals surface area contributed by atoms with Gasteiger partial charge >= 0.3 is 0 Å². The number of hydrogen-bond acceptors (Lipinski definition) is 2. The molecule has 10 heavy (non-hydrogen) atoms. The van der Waals surface area contributed by atoms with Gasteiger partial charge in [0.2, 0.25) is 0 Å². The summed E-state index contributed by atoms with van der Waals surface area (Å²) in [7, 11) is 0. The number of rotatable bonds is 1. The zero-order valence-electron chi connectivity index (χ0n) is 7.02. The van der Waals surface area contributed by atoms with Gasteiger partial charge in [0.1, 0.15) is 6.23 Å². The maximum absolute atomic E-state index is 9.30. The molecule has 0 radical (unpaired) electrons. The molecule has 0 bridgehead atoms. The molecule has 0 aliphatic heterocycles. The highest BCUT2D eigenvalue weighted by Gasteiger charge is 2.21. The lowest BCUT2D eigenvalue weighted by atomic mass is 9.94. The van der Waals surface area contributed by atoms with E-state index in [9.17, 15) is 5.11 Å². The molecule has 3 heteroatoms. The average Bonchev–Trinajstić information content (AvgIpc) is 1.60. The van der Waals surface area contributed by atoms with Gasteiger partial charge in [-0.2, -0.15) is 0 Å². The number of aliphatic hydroxyl groups excluding tert-OH is 1. The molecule has 0 amide bonds. The summed E-state index contributed by atoms with van der Waals surface area (Å²) in [4.78, 5) is 0. The third-order valence-corrected chi connectivity index (χ3v) is 1.17. The molecule has 0 aromatic carbocycles. The number of aliphatic hydroxyl groups is 1. The minimum atomic E-state index is -0.634. The van der Waals surface area contributed by atoms with Gasteiger partial charge in [-0.25, -0.2) is 0 Å². The lowest BCUT2D eigenvalue weighted by Gasteiger charge is -2.26. The molecular weight excluding hydrogens is 128 g/mol. The smallest absolute Gasteiger partial charge is 0.130 e. The summed E-state index contributed by atoms with van der Waals surface area (Å²) in [6, 6.07) is 0.